The van der Waals surface area contributed by atoms with E-state index in [0.717, 1.165) is 11.8 Å². The average molecular weight is 398 g/mol. The molecule has 144 valence electrons. The minimum atomic E-state index is -3.52. The van der Waals surface area contributed by atoms with Gasteiger partial charge in [-0.25, -0.2) is 12.8 Å². The Labute approximate surface area is 163 Å². The molecule has 28 heavy (non-hydrogen) atoms. The van der Waals surface area contributed by atoms with Crippen molar-refractivity contribution < 1.29 is 17.6 Å². The summed E-state index contributed by atoms with van der Waals surface area (Å²) in [7, 11) is -3.52. The lowest BCUT2D eigenvalue weighted by Crippen LogP contribution is -2.29. The number of benzene rings is 3. The average Bonchev–Trinajstić information content (AvgIpc) is 2.68. The van der Waals surface area contributed by atoms with Gasteiger partial charge in [-0.05, 0) is 42.0 Å². The molecule has 0 aliphatic carbocycles. The minimum Gasteiger partial charge on any atom is -0.319 e. The highest BCUT2D eigenvalue weighted by Gasteiger charge is 2.18. The largest absolute Gasteiger partial charge is 0.319 e. The van der Waals surface area contributed by atoms with Gasteiger partial charge in [0.05, 0.1) is 24.2 Å². The predicted molar refractivity (Wildman–Crippen MR) is 108 cm³/mol. The molecule has 0 aliphatic rings. The van der Waals surface area contributed by atoms with Crippen LogP contribution in [0.25, 0.3) is 0 Å². The predicted octanol–water partition coefficient (Wildman–Crippen LogP) is 4.04. The van der Waals surface area contributed by atoms with Crippen LogP contribution in [0.3, 0.4) is 0 Å². The van der Waals surface area contributed by atoms with Crippen molar-refractivity contribution in [1.82, 2.24) is 0 Å². The van der Waals surface area contributed by atoms with Crippen molar-refractivity contribution in [3.63, 3.8) is 0 Å². The SMILES string of the molecule is CS(=O)(=O)N(Cc1ccccc1)c1ccc(C(=O)Nc2ccccc2F)cc1. The number of hydrogen-bond acceptors (Lipinski definition) is 3. The Morgan fingerprint density at radius 1 is 0.929 bits per heavy atom. The van der Waals surface area contributed by atoms with Crippen molar-refractivity contribution in [1.29, 1.82) is 0 Å². The van der Waals surface area contributed by atoms with Crippen molar-refractivity contribution >= 4 is 27.3 Å². The number of amides is 1. The highest BCUT2D eigenvalue weighted by atomic mass is 32.2. The topological polar surface area (TPSA) is 66.5 Å². The summed E-state index contributed by atoms with van der Waals surface area (Å²) in [5.41, 5.74) is 1.65. The molecule has 3 aromatic carbocycles. The molecule has 5 nitrogen and oxygen atoms in total. The first kappa shape index (κ1) is 19.6. The van der Waals surface area contributed by atoms with E-state index in [-0.39, 0.29) is 12.2 Å². The van der Waals surface area contributed by atoms with Crippen LogP contribution in [0.15, 0.2) is 78.9 Å². The van der Waals surface area contributed by atoms with Crippen molar-refractivity contribution in [2.24, 2.45) is 0 Å². The second-order valence-electron chi connectivity index (χ2n) is 6.24. The fraction of sp³-hybridized carbons (Fsp3) is 0.0952. The van der Waals surface area contributed by atoms with Gasteiger partial charge in [0, 0.05) is 5.56 Å². The third-order valence-electron chi connectivity index (χ3n) is 4.11. The lowest BCUT2D eigenvalue weighted by Gasteiger charge is -2.22. The molecule has 0 heterocycles. The quantitative estimate of drug-likeness (QED) is 0.681. The number of hydrogen-bond donors (Lipinski definition) is 1. The Morgan fingerprint density at radius 2 is 1.54 bits per heavy atom. The first-order valence-electron chi connectivity index (χ1n) is 8.52. The molecule has 1 amide bonds. The van der Waals surface area contributed by atoms with Gasteiger partial charge >= 0.3 is 0 Å². The Morgan fingerprint density at radius 3 is 2.14 bits per heavy atom. The number of carbonyl (C=O) groups excluding carboxylic acids is 1. The molecule has 3 aromatic rings. The summed E-state index contributed by atoms with van der Waals surface area (Å²) in [4.78, 5) is 12.3. The number of rotatable bonds is 6. The minimum absolute atomic E-state index is 0.0819. The summed E-state index contributed by atoms with van der Waals surface area (Å²) in [6.45, 7) is 0.181. The van der Waals surface area contributed by atoms with E-state index in [1.54, 1.807) is 18.2 Å². The molecule has 3 rings (SSSR count). The van der Waals surface area contributed by atoms with Crippen LogP contribution in [-0.2, 0) is 16.6 Å². The standard InChI is InChI=1S/C21H19FN2O3S/c1-28(26,27)24(15-16-7-3-2-4-8-16)18-13-11-17(12-14-18)21(25)23-20-10-6-5-9-19(20)22/h2-14H,15H2,1H3,(H,23,25). The van der Waals surface area contributed by atoms with Crippen LogP contribution in [-0.4, -0.2) is 20.6 Å². The normalized spacial score (nSPS) is 11.1. The summed E-state index contributed by atoms with van der Waals surface area (Å²) in [5, 5.41) is 2.50. The van der Waals surface area contributed by atoms with Crippen LogP contribution in [0.5, 0.6) is 0 Å². The molecule has 7 heteroatoms. The zero-order valence-electron chi connectivity index (χ0n) is 15.2. The van der Waals surface area contributed by atoms with Gasteiger partial charge in [0.2, 0.25) is 10.0 Å². The molecule has 0 aliphatic heterocycles. The molecule has 0 saturated heterocycles. The molecule has 0 aromatic heterocycles. The third-order valence-corrected chi connectivity index (χ3v) is 5.25. The van der Waals surface area contributed by atoms with Crippen molar-refractivity contribution in [2.45, 2.75) is 6.54 Å². The third kappa shape index (κ3) is 4.75. The summed E-state index contributed by atoms with van der Waals surface area (Å²) < 4.78 is 39.4. The summed E-state index contributed by atoms with van der Waals surface area (Å²) in [5.74, 6) is -1.01. The maximum absolute atomic E-state index is 13.7. The van der Waals surface area contributed by atoms with E-state index in [2.05, 4.69) is 5.32 Å². The molecule has 0 spiro atoms. The fourth-order valence-electron chi connectivity index (χ4n) is 2.69. The van der Waals surface area contributed by atoms with E-state index in [1.165, 1.54) is 34.6 Å². The lowest BCUT2D eigenvalue weighted by atomic mass is 10.1. The molecular weight excluding hydrogens is 379 g/mol. The number of carbonyl (C=O) groups is 1. The Hall–Kier alpha value is -3.19. The van der Waals surface area contributed by atoms with Crippen LogP contribution in [0.2, 0.25) is 0 Å². The second kappa shape index (κ2) is 8.22. The Kier molecular flexibility index (Phi) is 5.75. The van der Waals surface area contributed by atoms with Crippen LogP contribution in [0.4, 0.5) is 15.8 Å². The van der Waals surface area contributed by atoms with Gasteiger partial charge < -0.3 is 5.32 Å². The zero-order valence-corrected chi connectivity index (χ0v) is 16.0. The number of para-hydroxylation sites is 1. The van der Waals surface area contributed by atoms with Crippen LogP contribution < -0.4 is 9.62 Å². The first-order chi connectivity index (χ1) is 13.3. The Bertz CT molecular complexity index is 1070. The van der Waals surface area contributed by atoms with E-state index < -0.39 is 21.7 Å². The van der Waals surface area contributed by atoms with Crippen LogP contribution >= 0.6 is 0 Å². The molecule has 0 saturated carbocycles. The summed E-state index contributed by atoms with van der Waals surface area (Å²) in [6, 6.07) is 21.2. The van der Waals surface area contributed by atoms with E-state index in [9.17, 15) is 17.6 Å². The lowest BCUT2D eigenvalue weighted by molar-refractivity contribution is 0.102. The van der Waals surface area contributed by atoms with Crippen LogP contribution in [0, 0.1) is 5.82 Å². The van der Waals surface area contributed by atoms with E-state index in [1.807, 2.05) is 30.3 Å². The van der Waals surface area contributed by atoms with E-state index >= 15 is 0 Å². The van der Waals surface area contributed by atoms with Gasteiger partial charge in [-0.1, -0.05) is 42.5 Å². The first-order valence-corrected chi connectivity index (χ1v) is 10.4. The highest BCUT2D eigenvalue weighted by molar-refractivity contribution is 7.92. The monoisotopic (exact) mass is 398 g/mol. The smallest absolute Gasteiger partial charge is 0.255 e. The number of halogens is 1. The van der Waals surface area contributed by atoms with Gasteiger partial charge in [0.1, 0.15) is 5.82 Å². The number of nitrogens with one attached hydrogen (secondary N) is 1. The van der Waals surface area contributed by atoms with Crippen molar-refractivity contribution in [3.8, 4) is 0 Å². The number of sulfonamides is 1. The van der Waals surface area contributed by atoms with Gasteiger partial charge in [-0.15, -0.1) is 0 Å². The molecule has 0 radical (unpaired) electrons. The number of nitrogens with zero attached hydrogens (tertiary/aromatic N) is 1. The molecular formula is C21H19FN2O3S. The van der Waals surface area contributed by atoms with Gasteiger partial charge in [-0.3, -0.25) is 9.10 Å². The van der Waals surface area contributed by atoms with E-state index in [4.69, 9.17) is 0 Å². The van der Waals surface area contributed by atoms with Gasteiger partial charge in [0.25, 0.3) is 5.91 Å². The van der Waals surface area contributed by atoms with Gasteiger partial charge in [-0.2, -0.15) is 0 Å². The van der Waals surface area contributed by atoms with E-state index in [0.29, 0.717) is 11.3 Å². The molecule has 1 N–H and O–H groups in total. The van der Waals surface area contributed by atoms with Crippen molar-refractivity contribution in [2.75, 3.05) is 15.9 Å². The fourth-order valence-corrected chi connectivity index (χ4v) is 3.57. The summed E-state index contributed by atoms with van der Waals surface area (Å²) in [6.07, 6.45) is 1.13. The summed E-state index contributed by atoms with van der Waals surface area (Å²) >= 11 is 0. The number of anilines is 2. The maximum Gasteiger partial charge on any atom is 0.255 e. The highest BCUT2D eigenvalue weighted by Crippen LogP contribution is 2.22. The van der Waals surface area contributed by atoms with Crippen LogP contribution in [0.1, 0.15) is 15.9 Å². The molecule has 0 unspecified atom stereocenters. The molecule has 0 atom stereocenters. The molecule has 0 fully saturated rings. The maximum atomic E-state index is 13.7. The van der Waals surface area contributed by atoms with Crippen molar-refractivity contribution in [3.05, 3.63) is 95.8 Å². The molecule has 0 bridgehead atoms. The Balaban J connectivity index is 1.81. The van der Waals surface area contributed by atoms with Gasteiger partial charge in [0.15, 0.2) is 0 Å². The zero-order chi connectivity index (χ0) is 20.1. The second-order valence-corrected chi connectivity index (χ2v) is 8.14.